The van der Waals surface area contributed by atoms with Crippen LogP contribution in [0.15, 0.2) is 54.9 Å². The molecular formula is C16H12ClFN2. The predicted molar refractivity (Wildman–Crippen MR) is 80.5 cm³/mol. The maximum Gasteiger partial charge on any atom is 0.146 e. The van der Waals surface area contributed by atoms with E-state index in [1.165, 1.54) is 12.1 Å². The molecule has 0 aliphatic carbocycles. The van der Waals surface area contributed by atoms with Crippen molar-refractivity contribution in [2.45, 2.75) is 6.54 Å². The topological polar surface area (TPSA) is 24.9 Å². The van der Waals surface area contributed by atoms with Crippen LogP contribution in [0.5, 0.6) is 0 Å². The van der Waals surface area contributed by atoms with Gasteiger partial charge < -0.3 is 5.32 Å². The van der Waals surface area contributed by atoms with Crippen LogP contribution in [0.3, 0.4) is 0 Å². The third-order valence-corrected chi connectivity index (χ3v) is 3.38. The Kier molecular flexibility index (Phi) is 3.52. The van der Waals surface area contributed by atoms with Crippen molar-refractivity contribution in [2.75, 3.05) is 5.32 Å². The molecule has 20 heavy (non-hydrogen) atoms. The van der Waals surface area contributed by atoms with Crippen molar-refractivity contribution in [3.8, 4) is 0 Å². The van der Waals surface area contributed by atoms with E-state index in [1.54, 1.807) is 12.3 Å². The molecule has 0 amide bonds. The lowest BCUT2D eigenvalue weighted by atomic mass is 10.1. The number of anilines is 1. The molecule has 0 bridgehead atoms. The number of fused-ring (bicyclic) bond motifs is 1. The summed E-state index contributed by atoms with van der Waals surface area (Å²) in [6, 6.07) is 12.4. The van der Waals surface area contributed by atoms with Gasteiger partial charge in [0.2, 0.25) is 0 Å². The minimum Gasteiger partial charge on any atom is -0.378 e. The van der Waals surface area contributed by atoms with Gasteiger partial charge in [0.05, 0.1) is 5.69 Å². The van der Waals surface area contributed by atoms with Gasteiger partial charge >= 0.3 is 0 Å². The molecular weight excluding hydrogens is 275 g/mol. The average Bonchev–Trinajstić information content (AvgIpc) is 2.48. The first-order valence-corrected chi connectivity index (χ1v) is 6.62. The minimum absolute atomic E-state index is 0.317. The average molecular weight is 287 g/mol. The zero-order valence-corrected chi connectivity index (χ0v) is 11.4. The van der Waals surface area contributed by atoms with Crippen LogP contribution >= 0.6 is 11.6 Å². The summed E-state index contributed by atoms with van der Waals surface area (Å²) >= 11 is 5.87. The lowest BCUT2D eigenvalue weighted by molar-refractivity contribution is 0.630. The summed E-state index contributed by atoms with van der Waals surface area (Å²) in [5.74, 6) is -0.317. The van der Waals surface area contributed by atoms with E-state index in [0.717, 1.165) is 16.3 Å². The van der Waals surface area contributed by atoms with Crippen molar-refractivity contribution in [3.63, 3.8) is 0 Å². The van der Waals surface area contributed by atoms with Gasteiger partial charge in [-0.1, -0.05) is 35.9 Å². The molecule has 4 heteroatoms. The van der Waals surface area contributed by atoms with E-state index in [-0.39, 0.29) is 5.82 Å². The summed E-state index contributed by atoms with van der Waals surface area (Å²) in [6.07, 6.45) is 3.61. The van der Waals surface area contributed by atoms with Crippen molar-refractivity contribution < 1.29 is 4.39 Å². The zero-order valence-electron chi connectivity index (χ0n) is 10.6. The highest BCUT2D eigenvalue weighted by molar-refractivity contribution is 6.30. The Morgan fingerprint density at radius 3 is 2.85 bits per heavy atom. The fourth-order valence-corrected chi connectivity index (χ4v) is 2.32. The van der Waals surface area contributed by atoms with Gasteiger partial charge in [-0.25, -0.2) is 4.39 Å². The van der Waals surface area contributed by atoms with E-state index in [1.807, 2.05) is 30.5 Å². The quantitative estimate of drug-likeness (QED) is 0.759. The molecule has 0 fully saturated rings. The number of halogens is 2. The lowest BCUT2D eigenvalue weighted by Crippen LogP contribution is -2.02. The number of pyridine rings is 1. The molecule has 0 saturated carbocycles. The van der Waals surface area contributed by atoms with Crippen molar-refractivity contribution in [1.29, 1.82) is 0 Å². The number of benzene rings is 2. The van der Waals surface area contributed by atoms with Gasteiger partial charge in [-0.05, 0) is 29.1 Å². The summed E-state index contributed by atoms with van der Waals surface area (Å²) in [7, 11) is 0. The van der Waals surface area contributed by atoms with Gasteiger partial charge in [0.25, 0.3) is 0 Å². The van der Waals surface area contributed by atoms with Crippen LogP contribution in [0.1, 0.15) is 5.56 Å². The molecule has 0 spiro atoms. The van der Waals surface area contributed by atoms with Crippen molar-refractivity contribution in [2.24, 2.45) is 0 Å². The number of hydrogen-bond acceptors (Lipinski definition) is 2. The summed E-state index contributed by atoms with van der Waals surface area (Å²) in [5, 5.41) is 5.74. The van der Waals surface area contributed by atoms with E-state index >= 15 is 0 Å². The van der Waals surface area contributed by atoms with Gasteiger partial charge in [-0.3, -0.25) is 4.98 Å². The highest BCUT2D eigenvalue weighted by Gasteiger charge is 2.05. The summed E-state index contributed by atoms with van der Waals surface area (Å²) in [5.41, 5.74) is 1.41. The van der Waals surface area contributed by atoms with Crippen LogP contribution in [-0.2, 0) is 6.54 Å². The Morgan fingerprint density at radius 2 is 1.95 bits per heavy atom. The number of nitrogens with zero attached hydrogens (tertiary/aromatic N) is 1. The third kappa shape index (κ3) is 2.58. The maximum absolute atomic E-state index is 13.6. The Bertz CT molecular complexity index is 753. The third-order valence-electron chi connectivity index (χ3n) is 3.15. The zero-order chi connectivity index (χ0) is 13.9. The van der Waals surface area contributed by atoms with Crippen molar-refractivity contribution in [3.05, 3.63) is 71.3 Å². The monoisotopic (exact) mass is 286 g/mol. The molecule has 0 saturated heterocycles. The first-order valence-electron chi connectivity index (χ1n) is 6.24. The van der Waals surface area contributed by atoms with Gasteiger partial charge in [-0.2, -0.15) is 0 Å². The predicted octanol–water partition coefficient (Wildman–Crippen LogP) is 4.64. The first kappa shape index (κ1) is 12.9. The molecule has 3 rings (SSSR count). The van der Waals surface area contributed by atoms with Crippen molar-refractivity contribution in [1.82, 2.24) is 4.98 Å². The molecule has 100 valence electrons. The molecule has 0 atom stereocenters. The highest BCUT2D eigenvalue weighted by atomic mass is 35.5. The minimum atomic E-state index is -0.317. The van der Waals surface area contributed by atoms with Crippen LogP contribution in [0.2, 0.25) is 5.02 Å². The molecule has 0 radical (unpaired) electrons. The first-order chi connectivity index (χ1) is 9.74. The van der Waals surface area contributed by atoms with Gasteiger partial charge in [0.1, 0.15) is 5.82 Å². The van der Waals surface area contributed by atoms with Crippen LogP contribution in [-0.4, -0.2) is 4.98 Å². The van der Waals surface area contributed by atoms with Crippen LogP contribution in [0.25, 0.3) is 10.8 Å². The number of hydrogen-bond donors (Lipinski definition) is 1. The molecule has 0 aliphatic heterocycles. The maximum atomic E-state index is 13.6. The molecule has 1 aromatic heterocycles. The van der Waals surface area contributed by atoms with Gasteiger partial charge in [-0.15, -0.1) is 0 Å². The van der Waals surface area contributed by atoms with E-state index in [0.29, 0.717) is 17.3 Å². The molecule has 2 aromatic carbocycles. The normalized spacial score (nSPS) is 10.7. The van der Waals surface area contributed by atoms with E-state index in [9.17, 15) is 4.39 Å². The van der Waals surface area contributed by atoms with Crippen molar-refractivity contribution >= 4 is 28.1 Å². The summed E-state index contributed by atoms with van der Waals surface area (Å²) < 4.78 is 13.6. The van der Waals surface area contributed by atoms with Crippen LogP contribution in [0, 0.1) is 5.82 Å². The molecule has 2 nitrogen and oxygen atoms in total. The second-order valence-corrected chi connectivity index (χ2v) is 4.93. The summed E-state index contributed by atoms with van der Waals surface area (Å²) in [4.78, 5) is 4.21. The van der Waals surface area contributed by atoms with E-state index < -0.39 is 0 Å². The Morgan fingerprint density at radius 1 is 1.10 bits per heavy atom. The smallest absolute Gasteiger partial charge is 0.146 e. The second kappa shape index (κ2) is 5.47. The number of rotatable bonds is 3. The van der Waals surface area contributed by atoms with Gasteiger partial charge in [0, 0.05) is 29.3 Å². The lowest BCUT2D eigenvalue weighted by Gasteiger charge is -2.10. The summed E-state index contributed by atoms with van der Waals surface area (Å²) in [6.45, 7) is 0.492. The fourth-order valence-electron chi connectivity index (χ4n) is 2.14. The Labute approximate surface area is 121 Å². The standard InChI is InChI=1S/C16H12ClFN2/c17-13-5-6-15(18)16(7-13)20-10-12-9-19-8-11-3-1-2-4-14(11)12/h1-9,20H,10H2. The van der Waals surface area contributed by atoms with E-state index in [2.05, 4.69) is 10.3 Å². The molecule has 0 unspecified atom stereocenters. The molecule has 1 heterocycles. The Hall–Kier alpha value is -2.13. The molecule has 1 N–H and O–H groups in total. The molecule has 3 aromatic rings. The highest BCUT2D eigenvalue weighted by Crippen LogP contribution is 2.22. The second-order valence-electron chi connectivity index (χ2n) is 4.50. The van der Waals surface area contributed by atoms with Crippen LogP contribution in [0.4, 0.5) is 10.1 Å². The SMILES string of the molecule is Fc1ccc(Cl)cc1NCc1cncc2ccccc12. The van der Waals surface area contributed by atoms with Crippen LogP contribution < -0.4 is 5.32 Å². The number of aromatic nitrogens is 1. The Balaban J connectivity index is 1.89. The largest absolute Gasteiger partial charge is 0.378 e. The molecule has 0 aliphatic rings. The van der Waals surface area contributed by atoms with E-state index in [4.69, 9.17) is 11.6 Å². The fraction of sp³-hybridized carbons (Fsp3) is 0.0625. The van der Waals surface area contributed by atoms with Gasteiger partial charge in [0.15, 0.2) is 0 Å². The number of nitrogens with one attached hydrogen (secondary N) is 1.